The Kier molecular flexibility index (Phi) is 5.85. The summed E-state index contributed by atoms with van der Waals surface area (Å²) in [6.45, 7) is 1.95. The standard InChI is InChI=1S/C28H31NO/c1-2-7-21(8-3-1)27-17-14-22-9-4-5-11-26(22)28(27)23-12-15-25(16-13-23)30-20-18-24-10-6-19-29-24/h1-5,7-9,11-13,15-16,24,27-29H,6,10,14,17-20H2/t24?,27-,28-/m0/s1. The van der Waals surface area contributed by atoms with Gasteiger partial charge in [-0.3, -0.25) is 0 Å². The summed E-state index contributed by atoms with van der Waals surface area (Å²) in [6.07, 6.45) is 6.02. The molecule has 3 atom stereocenters. The van der Waals surface area contributed by atoms with Crippen LogP contribution in [0.2, 0.25) is 0 Å². The van der Waals surface area contributed by atoms with Crippen LogP contribution in [0.15, 0.2) is 78.9 Å². The Hall–Kier alpha value is -2.58. The third-order valence-corrected chi connectivity index (χ3v) is 6.88. The van der Waals surface area contributed by atoms with Crippen LogP contribution in [0, 0.1) is 0 Å². The molecule has 1 aliphatic heterocycles. The molecule has 0 spiro atoms. The molecule has 5 rings (SSSR count). The molecule has 1 saturated heterocycles. The quantitative estimate of drug-likeness (QED) is 0.545. The lowest BCUT2D eigenvalue weighted by molar-refractivity contribution is 0.292. The van der Waals surface area contributed by atoms with E-state index in [1.807, 2.05) is 0 Å². The van der Waals surface area contributed by atoms with Crippen LogP contribution in [0.4, 0.5) is 0 Å². The van der Waals surface area contributed by atoms with Crippen molar-refractivity contribution in [2.45, 2.75) is 50.0 Å². The van der Waals surface area contributed by atoms with Crippen LogP contribution in [0.25, 0.3) is 0 Å². The lowest BCUT2D eigenvalue weighted by Gasteiger charge is -2.34. The zero-order valence-electron chi connectivity index (χ0n) is 17.6. The highest BCUT2D eigenvalue weighted by atomic mass is 16.5. The number of benzene rings is 3. The Morgan fingerprint density at radius 1 is 0.800 bits per heavy atom. The van der Waals surface area contributed by atoms with Crippen molar-refractivity contribution >= 4 is 0 Å². The van der Waals surface area contributed by atoms with Crippen LogP contribution < -0.4 is 10.1 Å². The zero-order valence-corrected chi connectivity index (χ0v) is 17.6. The first-order chi connectivity index (χ1) is 14.9. The predicted octanol–water partition coefficient (Wildman–Crippen LogP) is 6.07. The number of ether oxygens (including phenoxy) is 1. The molecule has 3 aromatic carbocycles. The Morgan fingerprint density at radius 2 is 1.60 bits per heavy atom. The fourth-order valence-corrected chi connectivity index (χ4v) is 5.32. The van der Waals surface area contributed by atoms with Gasteiger partial charge in [0.15, 0.2) is 0 Å². The lowest BCUT2D eigenvalue weighted by Crippen LogP contribution is -2.23. The topological polar surface area (TPSA) is 21.3 Å². The summed E-state index contributed by atoms with van der Waals surface area (Å²) in [5, 5.41) is 3.54. The molecule has 0 bridgehead atoms. The largest absolute Gasteiger partial charge is 0.494 e. The number of aryl methyl sites for hydroxylation is 1. The Morgan fingerprint density at radius 3 is 2.40 bits per heavy atom. The average Bonchev–Trinajstić information content (AvgIpc) is 3.33. The number of fused-ring (bicyclic) bond motifs is 1. The van der Waals surface area contributed by atoms with E-state index in [9.17, 15) is 0 Å². The first-order valence-electron chi connectivity index (χ1n) is 11.5. The van der Waals surface area contributed by atoms with Gasteiger partial charge in [0.05, 0.1) is 6.61 Å². The van der Waals surface area contributed by atoms with Crippen molar-refractivity contribution in [1.82, 2.24) is 5.32 Å². The van der Waals surface area contributed by atoms with Crippen molar-refractivity contribution in [3.63, 3.8) is 0 Å². The Balaban J connectivity index is 1.37. The maximum atomic E-state index is 6.05. The summed E-state index contributed by atoms with van der Waals surface area (Å²) in [5.74, 6) is 1.90. The minimum Gasteiger partial charge on any atom is -0.494 e. The van der Waals surface area contributed by atoms with Crippen molar-refractivity contribution in [3.8, 4) is 5.75 Å². The average molecular weight is 398 g/mol. The number of hydrogen-bond acceptors (Lipinski definition) is 2. The summed E-state index contributed by atoms with van der Waals surface area (Å²) in [7, 11) is 0. The van der Waals surface area contributed by atoms with Crippen molar-refractivity contribution in [2.75, 3.05) is 13.2 Å². The second kappa shape index (κ2) is 9.06. The second-order valence-corrected chi connectivity index (χ2v) is 8.73. The molecule has 1 unspecified atom stereocenters. The molecule has 0 saturated carbocycles. The molecule has 0 amide bonds. The van der Waals surface area contributed by atoms with Crippen molar-refractivity contribution in [1.29, 1.82) is 0 Å². The Bertz CT molecular complexity index is 944. The minimum atomic E-state index is 0.397. The first kappa shape index (κ1) is 19.4. The first-order valence-corrected chi connectivity index (χ1v) is 11.5. The third-order valence-electron chi connectivity index (χ3n) is 6.88. The fraction of sp³-hybridized carbons (Fsp3) is 0.357. The minimum absolute atomic E-state index is 0.397. The van der Waals surface area contributed by atoms with Crippen LogP contribution >= 0.6 is 0 Å². The molecule has 1 heterocycles. The van der Waals surface area contributed by atoms with Gasteiger partial charge in [-0.15, -0.1) is 0 Å². The van der Waals surface area contributed by atoms with Gasteiger partial charge in [-0.05, 0) is 79.0 Å². The summed E-state index contributed by atoms with van der Waals surface area (Å²) in [4.78, 5) is 0. The van der Waals surface area contributed by atoms with Gasteiger partial charge >= 0.3 is 0 Å². The number of nitrogens with one attached hydrogen (secondary N) is 1. The molecule has 2 aliphatic rings. The van der Waals surface area contributed by atoms with E-state index in [2.05, 4.69) is 84.2 Å². The molecule has 2 nitrogen and oxygen atoms in total. The second-order valence-electron chi connectivity index (χ2n) is 8.73. The molecule has 30 heavy (non-hydrogen) atoms. The maximum absolute atomic E-state index is 6.05. The summed E-state index contributed by atoms with van der Waals surface area (Å²) in [5.41, 5.74) is 5.82. The summed E-state index contributed by atoms with van der Waals surface area (Å²) in [6, 6.07) is 29.6. The van der Waals surface area contributed by atoms with Gasteiger partial charge in [0.1, 0.15) is 5.75 Å². The lowest BCUT2D eigenvalue weighted by atomic mass is 9.69. The molecule has 0 radical (unpaired) electrons. The van der Waals surface area contributed by atoms with Crippen LogP contribution in [-0.4, -0.2) is 19.2 Å². The van der Waals surface area contributed by atoms with Gasteiger partial charge in [0.2, 0.25) is 0 Å². The molecule has 3 aromatic rings. The maximum Gasteiger partial charge on any atom is 0.119 e. The predicted molar refractivity (Wildman–Crippen MR) is 123 cm³/mol. The van der Waals surface area contributed by atoms with E-state index in [0.29, 0.717) is 17.9 Å². The highest BCUT2D eigenvalue weighted by Crippen LogP contribution is 2.46. The van der Waals surface area contributed by atoms with Gasteiger partial charge in [-0.2, -0.15) is 0 Å². The van der Waals surface area contributed by atoms with Crippen LogP contribution in [-0.2, 0) is 6.42 Å². The van der Waals surface area contributed by atoms with E-state index in [4.69, 9.17) is 4.74 Å². The number of rotatable bonds is 6. The highest BCUT2D eigenvalue weighted by Gasteiger charge is 2.31. The SMILES string of the molecule is c1ccc([C@@H]2CCc3ccccc3[C@@H]2c2ccc(OCCC3CCCN3)cc2)cc1. The monoisotopic (exact) mass is 397 g/mol. The summed E-state index contributed by atoms with van der Waals surface area (Å²) < 4.78 is 6.05. The van der Waals surface area contributed by atoms with Crippen LogP contribution in [0.5, 0.6) is 5.75 Å². The molecular weight excluding hydrogens is 366 g/mol. The number of hydrogen-bond donors (Lipinski definition) is 1. The fourth-order valence-electron chi connectivity index (χ4n) is 5.32. The molecule has 154 valence electrons. The van der Waals surface area contributed by atoms with Gasteiger partial charge in [0, 0.05) is 12.0 Å². The third kappa shape index (κ3) is 4.15. The van der Waals surface area contributed by atoms with Crippen LogP contribution in [0.3, 0.4) is 0 Å². The summed E-state index contributed by atoms with van der Waals surface area (Å²) >= 11 is 0. The Labute approximate surface area is 180 Å². The van der Waals surface area contributed by atoms with E-state index in [-0.39, 0.29) is 0 Å². The van der Waals surface area contributed by atoms with Crippen molar-refractivity contribution < 1.29 is 4.74 Å². The smallest absolute Gasteiger partial charge is 0.119 e. The molecule has 0 aromatic heterocycles. The van der Waals surface area contributed by atoms with E-state index in [1.54, 1.807) is 0 Å². The normalized spacial score (nSPS) is 23.1. The highest BCUT2D eigenvalue weighted by molar-refractivity contribution is 5.45. The van der Waals surface area contributed by atoms with E-state index < -0.39 is 0 Å². The van der Waals surface area contributed by atoms with Gasteiger partial charge in [0.25, 0.3) is 0 Å². The van der Waals surface area contributed by atoms with Crippen molar-refractivity contribution in [3.05, 3.63) is 101 Å². The van der Waals surface area contributed by atoms with Crippen molar-refractivity contribution in [2.24, 2.45) is 0 Å². The zero-order chi connectivity index (χ0) is 20.2. The molecule has 1 aliphatic carbocycles. The molecule has 1 fully saturated rings. The van der Waals surface area contributed by atoms with Crippen LogP contribution in [0.1, 0.15) is 59.8 Å². The molecule has 2 heteroatoms. The molecular formula is C28H31NO. The van der Waals surface area contributed by atoms with E-state index in [1.165, 1.54) is 41.5 Å². The van der Waals surface area contributed by atoms with E-state index >= 15 is 0 Å². The molecule has 1 N–H and O–H groups in total. The van der Waals surface area contributed by atoms with Gasteiger partial charge in [-0.1, -0.05) is 66.7 Å². The van der Waals surface area contributed by atoms with Gasteiger partial charge in [-0.25, -0.2) is 0 Å². The van der Waals surface area contributed by atoms with E-state index in [0.717, 1.165) is 31.7 Å². The van der Waals surface area contributed by atoms with Gasteiger partial charge < -0.3 is 10.1 Å².